The first-order valence-corrected chi connectivity index (χ1v) is 5.12. The predicted molar refractivity (Wildman–Crippen MR) is 57.7 cm³/mol. The van der Waals surface area contributed by atoms with Crippen LogP contribution in [0.3, 0.4) is 0 Å². The highest BCUT2D eigenvalue weighted by Gasteiger charge is 2.17. The van der Waals surface area contributed by atoms with Gasteiger partial charge in [-0.15, -0.1) is 0 Å². The molecule has 0 aliphatic heterocycles. The predicted octanol–water partition coefficient (Wildman–Crippen LogP) is 1.15. The van der Waals surface area contributed by atoms with E-state index in [9.17, 15) is 9.59 Å². The summed E-state index contributed by atoms with van der Waals surface area (Å²) in [7, 11) is 1.66. The van der Waals surface area contributed by atoms with E-state index in [0.29, 0.717) is 12.5 Å². The van der Waals surface area contributed by atoms with Crippen LogP contribution in [0.5, 0.6) is 0 Å². The zero-order valence-electron chi connectivity index (χ0n) is 9.78. The van der Waals surface area contributed by atoms with Crippen LogP contribution in [-0.4, -0.2) is 41.6 Å². The lowest BCUT2D eigenvalue weighted by molar-refractivity contribution is -0.138. The second kappa shape index (κ2) is 6.27. The Balaban J connectivity index is 4.04. The minimum absolute atomic E-state index is 0.342. The number of hydrogen-bond acceptors (Lipinski definition) is 2. The molecule has 2 amide bonds. The second-order valence-corrected chi connectivity index (χ2v) is 3.90. The molecule has 0 aromatic heterocycles. The highest BCUT2D eigenvalue weighted by Crippen LogP contribution is 2.02. The SMILES string of the molecule is CCC(C)CN(C)C(=O)NC(C)C(=O)O. The lowest BCUT2D eigenvalue weighted by atomic mass is 10.1. The van der Waals surface area contributed by atoms with Crippen LogP contribution < -0.4 is 5.32 Å². The van der Waals surface area contributed by atoms with E-state index in [1.54, 1.807) is 7.05 Å². The Labute approximate surface area is 90.5 Å². The molecular weight excluding hydrogens is 196 g/mol. The molecule has 0 spiro atoms. The average molecular weight is 216 g/mol. The van der Waals surface area contributed by atoms with Crippen molar-refractivity contribution in [3.05, 3.63) is 0 Å². The lowest BCUT2D eigenvalue weighted by Gasteiger charge is -2.22. The molecule has 0 rings (SSSR count). The highest BCUT2D eigenvalue weighted by atomic mass is 16.4. The third kappa shape index (κ3) is 5.24. The van der Waals surface area contributed by atoms with Gasteiger partial charge in [0.1, 0.15) is 6.04 Å². The first-order valence-electron chi connectivity index (χ1n) is 5.12. The molecular formula is C10H20N2O3. The Morgan fingerprint density at radius 2 is 1.93 bits per heavy atom. The van der Waals surface area contributed by atoms with Crippen LogP contribution in [0.25, 0.3) is 0 Å². The number of carboxylic acid groups (broad SMARTS) is 1. The van der Waals surface area contributed by atoms with E-state index < -0.39 is 12.0 Å². The molecule has 2 N–H and O–H groups in total. The molecule has 0 aliphatic rings. The summed E-state index contributed by atoms with van der Waals surface area (Å²) in [4.78, 5) is 23.5. The van der Waals surface area contributed by atoms with Gasteiger partial charge in [-0.05, 0) is 12.8 Å². The maximum atomic E-state index is 11.5. The molecule has 0 saturated carbocycles. The standard InChI is InChI=1S/C10H20N2O3/c1-5-7(2)6-12(4)10(15)11-8(3)9(13)14/h7-8H,5-6H2,1-4H3,(H,11,15)(H,13,14). The number of rotatable bonds is 5. The molecule has 0 fully saturated rings. The molecule has 0 aromatic carbocycles. The Bertz CT molecular complexity index is 231. The van der Waals surface area contributed by atoms with Crippen molar-refractivity contribution in [2.75, 3.05) is 13.6 Å². The van der Waals surface area contributed by atoms with E-state index in [0.717, 1.165) is 6.42 Å². The summed E-state index contributed by atoms with van der Waals surface area (Å²) >= 11 is 0. The van der Waals surface area contributed by atoms with Crippen LogP contribution in [0.15, 0.2) is 0 Å². The summed E-state index contributed by atoms with van der Waals surface area (Å²) in [5.74, 6) is -0.610. The molecule has 2 atom stereocenters. The Kier molecular flexibility index (Phi) is 5.74. The molecule has 0 saturated heterocycles. The van der Waals surface area contributed by atoms with Crippen molar-refractivity contribution in [2.45, 2.75) is 33.2 Å². The summed E-state index contributed by atoms with van der Waals surface area (Å²) in [6, 6.07) is -1.19. The van der Waals surface area contributed by atoms with E-state index in [-0.39, 0.29) is 6.03 Å². The normalized spacial score (nSPS) is 14.1. The van der Waals surface area contributed by atoms with Crippen LogP contribution in [0, 0.1) is 5.92 Å². The van der Waals surface area contributed by atoms with Gasteiger partial charge in [-0.2, -0.15) is 0 Å². The number of carboxylic acids is 1. The van der Waals surface area contributed by atoms with Crippen molar-refractivity contribution >= 4 is 12.0 Å². The fourth-order valence-corrected chi connectivity index (χ4v) is 1.04. The number of hydrogen-bond donors (Lipinski definition) is 2. The molecule has 0 bridgehead atoms. The lowest BCUT2D eigenvalue weighted by Crippen LogP contribution is -2.46. The quantitative estimate of drug-likeness (QED) is 0.724. The van der Waals surface area contributed by atoms with Gasteiger partial charge in [-0.3, -0.25) is 4.79 Å². The molecule has 0 radical (unpaired) electrons. The van der Waals surface area contributed by atoms with Gasteiger partial charge >= 0.3 is 12.0 Å². The topological polar surface area (TPSA) is 69.6 Å². The molecule has 0 heterocycles. The van der Waals surface area contributed by atoms with E-state index in [2.05, 4.69) is 12.2 Å². The summed E-state index contributed by atoms with van der Waals surface area (Å²) in [6.07, 6.45) is 0.992. The third-order valence-corrected chi connectivity index (χ3v) is 2.34. The van der Waals surface area contributed by atoms with Gasteiger partial charge in [0.15, 0.2) is 0 Å². The van der Waals surface area contributed by atoms with Gasteiger partial charge < -0.3 is 15.3 Å². The molecule has 5 heteroatoms. The average Bonchev–Trinajstić information content (AvgIpc) is 2.16. The van der Waals surface area contributed by atoms with Gasteiger partial charge in [0.05, 0.1) is 0 Å². The number of amides is 2. The van der Waals surface area contributed by atoms with Crippen LogP contribution in [-0.2, 0) is 4.79 Å². The summed E-state index contributed by atoms with van der Waals surface area (Å²) in [5, 5.41) is 11.0. The molecule has 15 heavy (non-hydrogen) atoms. The van der Waals surface area contributed by atoms with E-state index in [1.165, 1.54) is 11.8 Å². The Morgan fingerprint density at radius 1 is 1.40 bits per heavy atom. The van der Waals surface area contributed by atoms with Gasteiger partial charge in [-0.1, -0.05) is 20.3 Å². The molecule has 5 nitrogen and oxygen atoms in total. The van der Waals surface area contributed by atoms with E-state index >= 15 is 0 Å². The van der Waals surface area contributed by atoms with Gasteiger partial charge in [0.25, 0.3) is 0 Å². The smallest absolute Gasteiger partial charge is 0.325 e. The first-order chi connectivity index (χ1) is 6.88. The first kappa shape index (κ1) is 13.7. The maximum absolute atomic E-state index is 11.5. The van der Waals surface area contributed by atoms with E-state index in [1.807, 2.05) is 6.92 Å². The molecule has 0 aromatic rings. The number of carbonyl (C=O) groups is 2. The summed E-state index contributed by atoms with van der Waals surface area (Å²) in [6.45, 7) is 6.17. The Hall–Kier alpha value is -1.26. The Morgan fingerprint density at radius 3 is 2.33 bits per heavy atom. The largest absolute Gasteiger partial charge is 0.480 e. The van der Waals surface area contributed by atoms with Crippen LogP contribution in [0.2, 0.25) is 0 Å². The van der Waals surface area contributed by atoms with Crippen molar-refractivity contribution in [3.8, 4) is 0 Å². The number of urea groups is 1. The van der Waals surface area contributed by atoms with Crippen molar-refractivity contribution in [1.82, 2.24) is 10.2 Å². The number of nitrogens with zero attached hydrogens (tertiary/aromatic N) is 1. The van der Waals surface area contributed by atoms with Crippen molar-refractivity contribution in [3.63, 3.8) is 0 Å². The van der Waals surface area contributed by atoms with E-state index in [4.69, 9.17) is 5.11 Å². The zero-order chi connectivity index (χ0) is 12.0. The monoisotopic (exact) mass is 216 g/mol. The zero-order valence-corrected chi connectivity index (χ0v) is 9.78. The number of nitrogens with one attached hydrogen (secondary N) is 1. The van der Waals surface area contributed by atoms with Gasteiger partial charge in [0.2, 0.25) is 0 Å². The fraction of sp³-hybridized carbons (Fsp3) is 0.800. The maximum Gasteiger partial charge on any atom is 0.325 e. The molecule has 0 aliphatic carbocycles. The highest BCUT2D eigenvalue weighted by molar-refractivity contribution is 5.82. The fourth-order valence-electron chi connectivity index (χ4n) is 1.04. The molecule has 2 unspecified atom stereocenters. The number of carbonyl (C=O) groups excluding carboxylic acids is 1. The number of aliphatic carboxylic acids is 1. The summed E-state index contributed by atoms with van der Waals surface area (Å²) < 4.78 is 0. The van der Waals surface area contributed by atoms with Crippen molar-refractivity contribution in [2.24, 2.45) is 5.92 Å². The second-order valence-electron chi connectivity index (χ2n) is 3.90. The van der Waals surface area contributed by atoms with Gasteiger partial charge in [0, 0.05) is 13.6 Å². The van der Waals surface area contributed by atoms with Crippen LogP contribution in [0.4, 0.5) is 4.79 Å². The minimum atomic E-state index is -1.03. The minimum Gasteiger partial charge on any atom is -0.480 e. The van der Waals surface area contributed by atoms with Crippen molar-refractivity contribution in [1.29, 1.82) is 0 Å². The van der Waals surface area contributed by atoms with Crippen molar-refractivity contribution < 1.29 is 14.7 Å². The molecule has 88 valence electrons. The van der Waals surface area contributed by atoms with Gasteiger partial charge in [-0.25, -0.2) is 4.79 Å². The van der Waals surface area contributed by atoms with Crippen LogP contribution in [0.1, 0.15) is 27.2 Å². The summed E-state index contributed by atoms with van der Waals surface area (Å²) in [5.41, 5.74) is 0. The third-order valence-electron chi connectivity index (χ3n) is 2.34. The van der Waals surface area contributed by atoms with Crippen LogP contribution >= 0.6 is 0 Å².